The van der Waals surface area contributed by atoms with Gasteiger partial charge in [-0.15, -0.1) is 0 Å². The molecule has 0 aliphatic heterocycles. The number of pyridine rings is 1. The topological polar surface area (TPSA) is 85.4 Å². The van der Waals surface area contributed by atoms with E-state index in [-0.39, 0.29) is 29.6 Å². The second-order valence-electron chi connectivity index (χ2n) is 3.31. The summed E-state index contributed by atoms with van der Waals surface area (Å²) in [5, 5.41) is 0.192. The lowest BCUT2D eigenvalue weighted by Crippen LogP contribution is -2.20. The summed E-state index contributed by atoms with van der Waals surface area (Å²) in [4.78, 5) is 14.8. The van der Waals surface area contributed by atoms with Crippen molar-refractivity contribution < 1.29 is 17.9 Å². The fourth-order valence-corrected chi connectivity index (χ4v) is 2.33. The molecule has 0 spiro atoms. The predicted octanol–water partition coefficient (Wildman–Crippen LogP) is 1.43. The highest BCUT2D eigenvalue weighted by molar-refractivity contribution is 7.92. The van der Waals surface area contributed by atoms with Crippen LogP contribution >= 0.6 is 11.6 Å². The van der Waals surface area contributed by atoms with E-state index in [1.165, 1.54) is 12.3 Å². The zero-order valence-electron chi connectivity index (χ0n) is 9.72. The molecule has 1 aromatic rings. The van der Waals surface area contributed by atoms with Gasteiger partial charge < -0.3 is 4.74 Å². The number of carbonyl (C=O) groups excluding carboxylic acids is 1. The van der Waals surface area contributed by atoms with Crippen molar-refractivity contribution in [2.45, 2.75) is 13.3 Å². The van der Waals surface area contributed by atoms with Crippen LogP contribution in [0.15, 0.2) is 18.3 Å². The first-order chi connectivity index (χ1) is 8.44. The minimum Gasteiger partial charge on any atom is -0.466 e. The van der Waals surface area contributed by atoms with Crippen LogP contribution in [0, 0.1) is 0 Å². The molecule has 0 bridgehead atoms. The first kappa shape index (κ1) is 14.7. The number of nitrogens with zero attached hydrogens (tertiary/aromatic N) is 1. The third kappa shape index (κ3) is 4.89. The lowest BCUT2D eigenvalue weighted by Gasteiger charge is -2.07. The minimum atomic E-state index is -3.67. The van der Waals surface area contributed by atoms with Crippen molar-refractivity contribution in [1.82, 2.24) is 4.98 Å². The molecule has 0 unspecified atom stereocenters. The van der Waals surface area contributed by atoms with Crippen molar-refractivity contribution in [3.63, 3.8) is 0 Å². The van der Waals surface area contributed by atoms with Crippen LogP contribution in [-0.2, 0) is 19.6 Å². The molecule has 100 valence electrons. The Morgan fingerprint density at radius 3 is 2.89 bits per heavy atom. The van der Waals surface area contributed by atoms with Crippen LogP contribution in [0.5, 0.6) is 0 Å². The molecule has 0 atom stereocenters. The number of nitrogens with one attached hydrogen (secondary N) is 1. The van der Waals surface area contributed by atoms with E-state index < -0.39 is 16.0 Å². The van der Waals surface area contributed by atoms with Crippen LogP contribution in [0.25, 0.3) is 0 Å². The van der Waals surface area contributed by atoms with Crippen molar-refractivity contribution in [3.05, 3.63) is 23.4 Å². The largest absolute Gasteiger partial charge is 0.466 e. The van der Waals surface area contributed by atoms with Gasteiger partial charge in [0.25, 0.3) is 0 Å². The van der Waals surface area contributed by atoms with Crippen LogP contribution in [0.2, 0.25) is 5.02 Å². The molecule has 18 heavy (non-hydrogen) atoms. The van der Waals surface area contributed by atoms with E-state index in [1.54, 1.807) is 13.0 Å². The van der Waals surface area contributed by atoms with E-state index in [1.807, 2.05) is 0 Å². The van der Waals surface area contributed by atoms with Crippen LogP contribution in [0.4, 0.5) is 5.82 Å². The molecule has 1 rings (SSSR count). The van der Waals surface area contributed by atoms with Gasteiger partial charge in [-0.25, -0.2) is 13.4 Å². The average molecular weight is 293 g/mol. The maximum atomic E-state index is 11.6. The Morgan fingerprint density at radius 2 is 2.28 bits per heavy atom. The molecule has 0 saturated heterocycles. The fraction of sp³-hybridized carbons (Fsp3) is 0.400. The number of aromatic nitrogens is 1. The smallest absolute Gasteiger partial charge is 0.306 e. The van der Waals surface area contributed by atoms with Gasteiger partial charge in [0.2, 0.25) is 10.0 Å². The Hall–Kier alpha value is -1.34. The molecule has 0 saturated carbocycles. The number of halogens is 1. The van der Waals surface area contributed by atoms with Gasteiger partial charge in [-0.05, 0) is 19.1 Å². The molecule has 0 amide bonds. The number of hydrogen-bond donors (Lipinski definition) is 1. The molecule has 1 heterocycles. The predicted molar refractivity (Wildman–Crippen MR) is 67.9 cm³/mol. The molecule has 0 aliphatic carbocycles. The number of hydrogen-bond acceptors (Lipinski definition) is 5. The number of carbonyl (C=O) groups is 1. The molecule has 0 radical (unpaired) electrons. The third-order valence-corrected chi connectivity index (χ3v) is 3.44. The van der Waals surface area contributed by atoms with Crippen LogP contribution in [0.3, 0.4) is 0 Å². The first-order valence-corrected chi connectivity index (χ1v) is 7.24. The van der Waals surface area contributed by atoms with Crippen molar-refractivity contribution in [2.24, 2.45) is 0 Å². The van der Waals surface area contributed by atoms with Crippen molar-refractivity contribution in [2.75, 3.05) is 17.1 Å². The number of sulfonamides is 1. The van der Waals surface area contributed by atoms with Crippen molar-refractivity contribution in [3.8, 4) is 0 Å². The van der Waals surface area contributed by atoms with Gasteiger partial charge in [0, 0.05) is 6.20 Å². The molecule has 8 heteroatoms. The quantitative estimate of drug-likeness (QED) is 0.802. The second kappa shape index (κ2) is 6.55. The number of esters is 1. The second-order valence-corrected chi connectivity index (χ2v) is 5.56. The normalized spacial score (nSPS) is 11.0. The standard InChI is InChI=1S/C10H13ClN2O4S/c1-2-17-9(14)5-7-18(15,16)13-10-8(11)4-3-6-12-10/h3-4,6H,2,5,7H2,1H3,(H,12,13). The molecular weight excluding hydrogens is 280 g/mol. The summed E-state index contributed by atoms with van der Waals surface area (Å²) < 4.78 is 30.1. The van der Waals surface area contributed by atoms with E-state index in [0.717, 1.165) is 0 Å². The highest BCUT2D eigenvalue weighted by atomic mass is 35.5. The van der Waals surface area contributed by atoms with Gasteiger partial charge in [0.1, 0.15) is 0 Å². The summed E-state index contributed by atoms with van der Waals surface area (Å²) >= 11 is 5.76. The summed E-state index contributed by atoms with van der Waals surface area (Å²) in [5.41, 5.74) is 0. The van der Waals surface area contributed by atoms with E-state index in [0.29, 0.717) is 0 Å². The maximum absolute atomic E-state index is 11.6. The van der Waals surface area contributed by atoms with Gasteiger partial charge in [0.15, 0.2) is 5.82 Å². The molecule has 1 aromatic heterocycles. The Labute approximate surface area is 110 Å². The fourth-order valence-electron chi connectivity index (χ4n) is 1.11. The summed E-state index contributed by atoms with van der Waals surface area (Å²) in [7, 11) is -3.67. The van der Waals surface area contributed by atoms with Crippen LogP contribution in [-0.4, -0.2) is 31.7 Å². The Bertz CT molecular complexity index is 518. The summed E-state index contributed by atoms with van der Waals surface area (Å²) in [6.07, 6.45) is 1.20. The minimum absolute atomic E-state index is 0.0445. The van der Waals surface area contributed by atoms with Gasteiger partial charge in [-0.3, -0.25) is 9.52 Å². The first-order valence-electron chi connectivity index (χ1n) is 5.21. The lowest BCUT2D eigenvalue weighted by molar-refractivity contribution is -0.142. The Balaban J connectivity index is 2.60. The zero-order chi connectivity index (χ0) is 13.6. The summed E-state index contributed by atoms with van der Waals surface area (Å²) in [5.74, 6) is -0.892. The van der Waals surface area contributed by atoms with Crippen LogP contribution < -0.4 is 4.72 Å². The summed E-state index contributed by atoms with van der Waals surface area (Å²) in [6.45, 7) is 1.87. The number of rotatable bonds is 6. The monoisotopic (exact) mass is 292 g/mol. The molecule has 0 aromatic carbocycles. The average Bonchev–Trinajstić information content (AvgIpc) is 2.30. The third-order valence-electron chi connectivity index (χ3n) is 1.89. The number of ether oxygens (including phenoxy) is 1. The van der Waals surface area contributed by atoms with Gasteiger partial charge >= 0.3 is 5.97 Å². The molecule has 0 fully saturated rings. The van der Waals surface area contributed by atoms with Gasteiger partial charge in [-0.1, -0.05) is 11.6 Å². The molecule has 6 nitrogen and oxygen atoms in total. The highest BCUT2D eigenvalue weighted by Gasteiger charge is 2.15. The Kier molecular flexibility index (Phi) is 5.36. The maximum Gasteiger partial charge on any atom is 0.306 e. The van der Waals surface area contributed by atoms with E-state index >= 15 is 0 Å². The lowest BCUT2D eigenvalue weighted by atomic mass is 10.5. The van der Waals surface area contributed by atoms with Crippen molar-refractivity contribution >= 4 is 33.4 Å². The molecule has 1 N–H and O–H groups in total. The van der Waals surface area contributed by atoms with Crippen LogP contribution in [0.1, 0.15) is 13.3 Å². The SMILES string of the molecule is CCOC(=O)CCS(=O)(=O)Nc1ncccc1Cl. The van der Waals surface area contributed by atoms with Gasteiger partial charge in [-0.2, -0.15) is 0 Å². The van der Waals surface area contributed by atoms with Gasteiger partial charge in [0.05, 0.1) is 23.8 Å². The van der Waals surface area contributed by atoms with E-state index in [4.69, 9.17) is 11.6 Å². The van der Waals surface area contributed by atoms with E-state index in [2.05, 4.69) is 14.4 Å². The highest BCUT2D eigenvalue weighted by Crippen LogP contribution is 2.18. The van der Waals surface area contributed by atoms with Crippen molar-refractivity contribution in [1.29, 1.82) is 0 Å². The number of anilines is 1. The zero-order valence-corrected chi connectivity index (χ0v) is 11.3. The Morgan fingerprint density at radius 1 is 1.56 bits per heavy atom. The summed E-state index contributed by atoms with van der Waals surface area (Å²) in [6, 6.07) is 3.09. The molecule has 0 aliphatic rings. The molecular formula is C10H13ClN2O4S. The van der Waals surface area contributed by atoms with E-state index in [9.17, 15) is 13.2 Å².